The lowest BCUT2D eigenvalue weighted by Gasteiger charge is -2.14. The minimum absolute atomic E-state index is 0.161. The van der Waals surface area contributed by atoms with Crippen LogP contribution in [0.1, 0.15) is 30.1 Å². The molecule has 0 spiro atoms. The van der Waals surface area contributed by atoms with Crippen LogP contribution in [0.15, 0.2) is 46.9 Å². The summed E-state index contributed by atoms with van der Waals surface area (Å²) in [5.41, 5.74) is 0.515. The molecule has 0 aromatic heterocycles. The molecule has 0 atom stereocenters. The third-order valence-corrected chi connectivity index (χ3v) is 4.15. The van der Waals surface area contributed by atoms with Crippen LogP contribution in [0.5, 0.6) is 17.2 Å². The van der Waals surface area contributed by atoms with Crippen LogP contribution in [-0.2, 0) is 0 Å². The van der Waals surface area contributed by atoms with Crippen molar-refractivity contribution in [1.29, 1.82) is 0 Å². The second kappa shape index (κ2) is 10.7. The average molecular weight is 422 g/mol. The molecular formula is C20H24BrNO4. The van der Waals surface area contributed by atoms with Crippen LogP contribution in [0.25, 0.3) is 0 Å². The van der Waals surface area contributed by atoms with Gasteiger partial charge in [0.15, 0.2) is 11.5 Å². The summed E-state index contributed by atoms with van der Waals surface area (Å²) in [4.78, 5) is 12.4. The Balaban J connectivity index is 1.85. The molecule has 0 bridgehead atoms. The van der Waals surface area contributed by atoms with Crippen LogP contribution < -0.4 is 19.5 Å². The van der Waals surface area contributed by atoms with Crippen molar-refractivity contribution in [1.82, 2.24) is 5.32 Å². The second-order valence-electron chi connectivity index (χ2n) is 5.61. The van der Waals surface area contributed by atoms with Crippen LogP contribution >= 0.6 is 15.9 Å². The van der Waals surface area contributed by atoms with Crippen molar-refractivity contribution in [3.05, 3.63) is 52.5 Å². The predicted octanol–water partition coefficient (Wildman–Crippen LogP) is 4.45. The van der Waals surface area contributed by atoms with Crippen LogP contribution in [0, 0.1) is 0 Å². The Hall–Kier alpha value is -2.21. The van der Waals surface area contributed by atoms with Gasteiger partial charge in [-0.25, -0.2) is 0 Å². The molecule has 26 heavy (non-hydrogen) atoms. The number of carbonyl (C=O) groups is 1. The highest BCUT2D eigenvalue weighted by atomic mass is 79.9. The summed E-state index contributed by atoms with van der Waals surface area (Å²) >= 11 is 3.45. The van der Waals surface area contributed by atoms with Gasteiger partial charge >= 0.3 is 0 Å². The first kappa shape index (κ1) is 20.1. The first-order chi connectivity index (χ1) is 12.7. The van der Waals surface area contributed by atoms with E-state index in [-0.39, 0.29) is 5.91 Å². The summed E-state index contributed by atoms with van der Waals surface area (Å²) in [6.07, 6.45) is 1.61. The number of methoxy groups -OCH3 is 1. The highest BCUT2D eigenvalue weighted by Gasteiger charge is 2.15. The van der Waals surface area contributed by atoms with E-state index >= 15 is 0 Å². The molecule has 0 unspecified atom stereocenters. The fourth-order valence-electron chi connectivity index (χ4n) is 2.28. The summed E-state index contributed by atoms with van der Waals surface area (Å²) in [6, 6.07) is 13.0. The molecule has 2 aromatic rings. The van der Waals surface area contributed by atoms with Crippen molar-refractivity contribution >= 4 is 21.8 Å². The van der Waals surface area contributed by atoms with Gasteiger partial charge in [0.25, 0.3) is 5.91 Å². The summed E-state index contributed by atoms with van der Waals surface area (Å²) in [5, 5.41) is 2.89. The summed E-state index contributed by atoms with van der Waals surface area (Å²) in [6.45, 7) is 3.69. The number of benzene rings is 2. The van der Waals surface area contributed by atoms with Crippen LogP contribution in [0.4, 0.5) is 0 Å². The third-order valence-electron chi connectivity index (χ3n) is 3.56. The molecule has 0 saturated heterocycles. The highest BCUT2D eigenvalue weighted by molar-refractivity contribution is 9.10. The van der Waals surface area contributed by atoms with Crippen molar-refractivity contribution in [3.63, 3.8) is 0 Å². The van der Waals surface area contributed by atoms with E-state index < -0.39 is 0 Å². The van der Waals surface area contributed by atoms with Crippen molar-refractivity contribution in [3.8, 4) is 17.2 Å². The molecule has 0 fully saturated rings. The summed E-state index contributed by atoms with van der Waals surface area (Å²) < 4.78 is 17.3. The monoisotopic (exact) mass is 421 g/mol. The van der Waals surface area contributed by atoms with Gasteiger partial charge < -0.3 is 19.5 Å². The first-order valence-corrected chi connectivity index (χ1v) is 9.41. The van der Waals surface area contributed by atoms with Crippen molar-refractivity contribution < 1.29 is 19.0 Å². The lowest BCUT2D eigenvalue weighted by molar-refractivity contribution is 0.0951. The van der Waals surface area contributed by atoms with Gasteiger partial charge in [-0.1, -0.05) is 25.1 Å². The van der Waals surface area contributed by atoms with E-state index in [0.29, 0.717) is 41.3 Å². The lowest BCUT2D eigenvalue weighted by Crippen LogP contribution is -2.25. The fraction of sp³-hybridized carbons (Fsp3) is 0.350. The molecule has 0 aliphatic rings. The van der Waals surface area contributed by atoms with Gasteiger partial charge in [-0.2, -0.15) is 0 Å². The van der Waals surface area contributed by atoms with Gasteiger partial charge in [-0.05, 0) is 53.0 Å². The molecule has 2 rings (SSSR count). The molecule has 2 aromatic carbocycles. The molecule has 1 amide bonds. The molecule has 0 radical (unpaired) electrons. The van der Waals surface area contributed by atoms with Crippen LogP contribution in [0.2, 0.25) is 0 Å². The Morgan fingerprint density at radius 1 is 1.12 bits per heavy atom. The van der Waals surface area contributed by atoms with E-state index in [2.05, 4.69) is 21.2 Å². The number of nitrogens with one attached hydrogen (secondary N) is 1. The summed E-state index contributed by atoms with van der Waals surface area (Å²) in [7, 11) is 1.56. The van der Waals surface area contributed by atoms with E-state index in [1.54, 1.807) is 19.2 Å². The maximum atomic E-state index is 12.4. The number of para-hydroxylation sites is 1. The van der Waals surface area contributed by atoms with E-state index in [4.69, 9.17) is 14.2 Å². The molecule has 1 N–H and O–H groups in total. The van der Waals surface area contributed by atoms with E-state index in [0.717, 1.165) is 18.6 Å². The molecule has 0 aliphatic carbocycles. The van der Waals surface area contributed by atoms with Crippen LogP contribution in [0.3, 0.4) is 0 Å². The van der Waals surface area contributed by atoms with E-state index in [1.165, 1.54) is 0 Å². The SMILES string of the molecule is CCCOc1c(Br)cc(C(=O)NCCCOc2ccccc2)cc1OC. The molecule has 0 heterocycles. The summed E-state index contributed by atoms with van der Waals surface area (Å²) in [5.74, 6) is 1.81. The number of carbonyl (C=O) groups excluding carboxylic acids is 1. The zero-order valence-corrected chi connectivity index (χ0v) is 16.7. The van der Waals surface area contributed by atoms with Crippen LogP contribution in [-0.4, -0.2) is 32.8 Å². The largest absolute Gasteiger partial charge is 0.494 e. The first-order valence-electron chi connectivity index (χ1n) is 8.62. The number of amides is 1. The molecule has 6 heteroatoms. The Kier molecular flexibility index (Phi) is 8.28. The van der Waals surface area contributed by atoms with Gasteiger partial charge in [-0.15, -0.1) is 0 Å². The van der Waals surface area contributed by atoms with Gasteiger partial charge in [0, 0.05) is 12.1 Å². The van der Waals surface area contributed by atoms with Crippen molar-refractivity contribution in [2.45, 2.75) is 19.8 Å². The van der Waals surface area contributed by atoms with Gasteiger partial charge in [0.1, 0.15) is 5.75 Å². The average Bonchev–Trinajstić information content (AvgIpc) is 2.66. The Bertz CT molecular complexity index is 706. The smallest absolute Gasteiger partial charge is 0.251 e. The standard InChI is InChI=1S/C20H24BrNO4/c1-3-11-26-19-17(21)13-15(14-18(19)24-2)20(23)22-10-7-12-25-16-8-5-4-6-9-16/h4-6,8-9,13-14H,3,7,10-12H2,1-2H3,(H,22,23). The molecule has 5 nitrogen and oxygen atoms in total. The second-order valence-corrected chi connectivity index (χ2v) is 6.46. The molecule has 0 saturated carbocycles. The number of ether oxygens (including phenoxy) is 3. The van der Waals surface area contributed by atoms with E-state index in [1.807, 2.05) is 37.3 Å². The number of halogens is 1. The topological polar surface area (TPSA) is 56.8 Å². The van der Waals surface area contributed by atoms with Crippen molar-refractivity contribution in [2.24, 2.45) is 0 Å². The lowest BCUT2D eigenvalue weighted by atomic mass is 10.2. The Labute approximate surface area is 162 Å². The zero-order chi connectivity index (χ0) is 18.8. The normalized spacial score (nSPS) is 10.3. The zero-order valence-electron chi connectivity index (χ0n) is 15.1. The van der Waals surface area contributed by atoms with E-state index in [9.17, 15) is 4.79 Å². The fourth-order valence-corrected chi connectivity index (χ4v) is 2.83. The minimum Gasteiger partial charge on any atom is -0.494 e. The van der Waals surface area contributed by atoms with Gasteiger partial charge in [0.05, 0.1) is 24.8 Å². The molecular weight excluding hydrogens is 398 g/mol. The number of rotatable bonds is 10. The maximum absolute atomic E-state index is 12.4. The number of hydrogen-bond donors (Lipinski definition) is 1. The minimum atomic E-state index is -0.161. The predicted molar refractivity (Wildman–Crippen MR) is 105 cm³/mol. The quantitative estimate of drug-likeness (QED) is 0.575. The third kappa shape index (κ3) is 5.95. The Morgan fingerprint density at radius 3 is 2.58 bits per heavy atom. The number of hydrogen-bond acceptors (Lipinski definition) is 4. The highest BCUT2D eigenvalue weighted by Crippen LogP contribution is 2.36. The van der Waals surface area contributed by atoms with Gasteiger partial charge in [0.2, 0.25) is 0 Å². The Morgan fingerprint density at radius 2 is 1.88 bits per heavy atom. The molecule has 0 aliphatic heterocycles. The maximum Gasteiger partial charge on any atom is 0.251 e. The van der Waals surface area contributed by atoms with Gasteiger partial charge in [-0.3, -0.25) is 4.79 Å². The molecule has 140 valence electrons. The van der Waals surface area contributed by atoms with Crippen molar-refractivity contribution in [2.75, 3.05) is 26.9 Å².